The first kappa shape index (κ1) is 10.3. The van der Waals surface area contributed by atoms with Crippen LogP contribution in [0.3, 0.4) is 0 Å². The van der Waals surface area contributed by atoms with Crippen molar-refractivity contribution in [1.29, 1.82) is 0 Å². The molecule has 0 N–H and O–H groups in total. The quantitative estimate of drug-likeness (QED) is 0.757. The summed E-state index contributed by atoms with van der Waals surface area (Å²) in [6, 6.07) is 6.82. The number of nitrogens with zero attached hydrogens (tertiary/aromatic N) is 1. The van der Waals surface area contributed by atoms with Gasteiger partial charge < -0.3 is 4.90 Å². The van der Waals surface area contributed by atoms with Crippen molar-refractivity contribution in [3.8, 4) is 0 Å². The van der Waals surface area contributed by atoms with Crippen molar-refractivity contribution in [2.24, 2.45) is 0 Å². The number of alkyl halides is 1. The van der Waals surface area contributed by atoms with E-state index in [-0.39, 0.29) is 0 Å². The molecule has 1 aliphatic carbocycles. The van der Waals surface area contributed by atoms with E-state index < -0.39 is 0 Å². The Morgan fingerprint density at radius 1 is 1.50 bits per heavy atom. The topological polar surface area (TPSA) is 3.24 Å². The van der Waals surface area contributed by atoms with Crippen LogP contribution in [0.5, 0.6) is 0 Å². The van der Waals surface area contributed by atoms with Crippen LogP contribution in [-0.4, -0.2) is 13.1 Å². The minimum Gasteiger partial charge on any atom is -0.371 e. The molecule has 0 heterocycles. The van der Waals surface area contributed by atoms with Crippen molar-refractivity contribution in [2.45, 2.75) is 24.2 Å². The first-order valence-electron chi connectivity index (χ1n) is 4.79. The fraction of sp³-hybridized carbons (Fsp3) is 0.455. The first-order valence-corrected chi connectivity index (χ1v) is 6.29. The van der Waals surface area contributed by atoms with Gasteiger partial charge in [-0.2, -0.15) is 0 Å². The monoisotopic (exact) mass is 273 g/mol. The Hall–Kier alpha value is -0.210. The second-order valence-electron chi connectivity index (χ2n) is 3.75. The SMILES string of the molecule is CN(c1cc(Cl)ccc1CBr)C1CC1. The highest BCUT2D eigenvalue weighted by molar-refractivity contribution is 9.08. The van der Waals surface area contributed by atoms with Crippen molar-refractivity contribution in [1.82, 2.24) is 0 Å². The van der Waals surface area contributed by atoms with Gasteiger partial charge in [-0.1, -0.05) is 33.6 Å². The molecule has 76 valence electrons. The number of hydrogen-bond donors (Lipinski definition) is 0. The fourth-order valence-corrected chi connectivity index (χ4v) is 2.28. The highest BCUT2D eigenvalue weighted by Crippen LogP contribution is 2.34. The average Bonchev–Trinajstić information content (AvgIpc) is 3.00. The highest BCUT2D eigenvalue weighted by Gasteiger charge is 2.27. The van der Waals surface area contributed by atoms with Crippen LogP contribution in [0, 0.1) is 0 Å². The molecule has 1 fully saturated rings. The normalized spacial score (nSPS) is 15.6. The van der Waals surface area contributed by atoms with Gasteiger partial charge in [0.2, 0.25) is 0 Å². The lowest BCUT2D eigenvalue weighted by Crippen LogP contribution is -2.20. The molecular formula is C11H13BrClN. The molecule has 1 nitrogen and oxygen atoms in total. The Morgan fingerprint density at radius 2 is 2.21 bits per heavy atom. The molecule has 3 heteroatoms. The van der Waals surface area contributed by atoms with Gasteiger partial charge in [0.25, 0.3) is 0 Å². The molecule has 0 atom stereocenters. The minimum absolute atomic E-state index is 0.728. The molecule has 0 radical (unpaired) electrons. The lowest BCUT2D eigenvalue weighted by molar-refractivity contribution is 0.911. The Labute approximate surface area is 98.2 Å². The predicted molar refractivity (Wildman–Crippen MR) is 65.5 cm³/mol. The Balaban J connectivity index is 2.32. The molecule has 2 rings (SSSR count). The van der Waals surface area contributed by atoms with E-state index in [0.717, 1.165) is 16.4 Å². The van der Waals surface area contributed by atoms with Gasteiger partial charge in [-0.25, -0.2) is 0 Å². The zero-order valence-corrected chi connectivity index (χ0v) is 10.5. The van der Waals surface area contributed by atoms with E-state index >= 15 is 0 Å². The molecule has 0 aliphatic heterocycles. The Morgan fingerprint density at radius 3 is 2.79 bits per heavy atom. The minimum atomic E-state index is 0.728. The van der Waals surface area contributed by atoms with Gasteiger partial charge in [0.15, 0.2) is 0 Å². The van der Waals surface area contributed by atoms with Gasteiger partial charge in [-0.15, -0.1) is 0 Å². The van der Waals surface area contributed by atoms with Gasteiger partial charge in [0, 0.05) is 29.1 Å². The van der Waals surface area contributed by atoms with E-state index in [1.165, 1.54) is 24.1 Å². The molecular weight excluding hydrogens is 261 g/mol. The first-order chi connectivity index (χ1) is 6.72. The van der Waals surface area contributed by atoms with Gasteiger partial charge in [-0.05, 0) is 30.5 Å². The number of anilines is 1. The van der Waals surface area contributed by atoms with E-state index in [0.29, 0.717) is 0 Å². The number of benzene rings is 1. The summed E-state index contributed by atoms with van der Waals surface area (Å²) in [4.78, 5) is 2.34. The van der Waals surface area contributed by atoms with Gasteiger partial charge in [-0.3, -0.25) is 0 Å². The number of rotatable bonds is 3. The maximum atomic E-state index is 6.00. The zero-order valence-electron chi connectivity index (χ0n) is 8.13. The lowest BCUT2D eigenvalue weighted by Gasteiger charge is -2.21. The molecule has 1 aromatic carbocycles. The molecule has 0 saturated heterocycles. The largest absolute Gasteiger partial charge is 0.371 e. The summed E-state index contributed by atoms with van der Waals surface area (Å²) in [6.45, 7) is 0. The smallest absolute Gasteiger partial charge is 0.0426 e. The van der Waals surface area contributed by atoms with E-state index in [2.05, 4.69) is 40.0 Å². The molecule has 14 heavy (non-hydrogen) atoms. The third-order valence-corrected chi connectivity index (χ3v) is 3.51. The molecule has 0 bridgehead atoms. The van der Waals surface area contributed by atoms with E-state index in [4.69, 9.17) is 11.6 Å². The van der Waals surface area contributed by atoms with Crippen LogP contribution in [0.1, 0.15) is 18.4 Å². The maximum absolute atomic E-state index is 6.00. The summed E-state index contributed by atoms with van der Waals surface area (Å²) in [5.41, 5.74) is 2.57. The van der Waals surface area contributed by atoms with Crippen LogP contribution < -0.4 is 4.90 Å². The molecule has 1 aromatic rings. The summed E-state index contributed by atoms with van der Waals surface area (Å²) in [5, 5.41) is 1.70. The van der Waals surface area contributed by atoms with Gasteiger partial charge in [0.05, 0.1) is 0 Å². The van der Waals surface area contributed by atoms with Crippen LogP contribution in [0.25, 0.3) is 0 Å². The van der Waals surface area contributed by atoms with Gasteiger partial charge in [0.1, 0.15) is 0 Å². The average molecular weight is 275 g/mol. The van der Waals surface area contributed by atoms with Crippen LogP contribution >= 0.6 is 27.5 Å². The van der Waals surface area contributed by atoms with Crippen LogP contribution in [-0.2, 0) is 5.33 Å². The predicted octanol–water partition coefficient (Wildman–Crippen LogP) is 3.83. The summed E-state index contributed by atoms with van der Waals surface area (Å²) < 4.78 is 0. The summed E-state index contributed by atoms with van der Waals surface area (Å²) in [6.07, 6.45) is 2.62. The number of halogens is 2. The van der Waals surface area contributed by atoms with E-state index in [1.54, 1.807) is 0 Å². The third kappa shape index (κ3) is 2.06. The fourth-order valence-electron chi connectivity index (χ4n) is 1.64. The van der Waals surface area contributed by atoms with Crippen LogP contribution in [0.4, 0.5) is 5.69 Å². The summed E-state index contributed by atoms with van der Waals surface area (Å²) >= 11 is 9.50. The third-order valence-electron chi connectivity index (χ3n) is 2.67. The van der Waals surface area contributed by atoms with Crippen molar-refractivity contribution in [2.75, 3.05) is 11.9 Å². The second kappa shape index (κ2) is 4.11. The van der Waals surface area contributed by atoms with Crippen LogP contribution in [0.2, 0.25) is 5.02 Å². The van der Waals surface area contributed by atoms with Crippen molar-refractivity contribution in [3.63, 3.8) is 0 Å². The number of hydrogen-bond acceptors (Lipinski definition) is 1. The Bertz CT molecular complexity index is 336. The van der Waals surface area contributed by atoms with Crippen molar-refractivity contribution < 1.29 is 0 Å². The van der Waals surface area contributed by atoms with Gasteiger partial charge >= 0.3 is 0 Å². The second-order valence-corrected chi connectivity index (χ2v) is 4.75. The molecule has 0 unspecified atom stereocenters. The van der Waals surface area contributed by atoms with E-state index in [1.807, 2.05) is 6.07 Å². The zero-order chi connectivity index (χ0) is 10.1. The standard InChI is InChI=1S/C11H13BrClN/c1-14(10-4-5-10)11-6-9(13)3-2-8(11)7-12/h2-3,6,10H,4-5,7H2,1H3. The molecule has 1 aliphatic rings. The van der Waals surface area contributed by atoms with E-state index in [9.17, 15) is 0 Å². The van der Waals surface area contributed by atoms with Crippen molar-refractivity contribution in [3.05, 3.63) is 28.8 Å². The summed E-state index contributed by atoms with van der Waals surface area (Å²) in [5.74, 6) is 0. The molecule has 0 amide bonds. The molecule has 1 saturated carbocycles. The molecule has 0 spiro atoms. The Kier molecular flexibility index (Phi) is 3.03. The maximum Gasteiger partial charge on any atom is 0.0426 e. The lowest BCUT2D eigenvalue weighted by atomic mass is 10.2. The summed E-state index contributed by atoms with van der Waals surface area (Å²) in [7, 11) is 2.15. The molecule has 0 aromatic heterocycles. The van der Waals surface area contributed by atoms with Crippen molar-refractivity contribution >= 4 is 33.2 Å². The van der Waals surface area contributed by atoms with Crippen LogP contribution in [0.15, 0.2) is 18.2 Å². The highest BCUT2D eigenvalue weighted by atomic mass is 79.9.